The highest BCUT2D eigenvalue weighted by atomic mass is 16.2. The van der Waals surface area contributed by atoms with Gasteiger partial charge in [0.1, 0.15) is 0 Å². The zero-order valence-electron chi connectivity index (χ0n) is 14.3. The van der Waals surface area contributed by atoms with E-state index < -0.39 is 6.03 Å². The van der Waals surface area contributed by atoms with Crippen LogP contribution in [0.5, 0.6) is 0 Å². The SMILES string of the molecule is CC1CN(C(=O)c2cccc(NC(N)=O)c2)CCC1c1ccccc1. The number of amides is 3. The number of carbonyl (C=O) groups is 2. The third-order valence-electron chi connectivity index (χ3n) is 4.80. The molecule has 2 aromatic rings. The summed E-state index contributed by atoms with van der Waals surface area (Å²) in [4.78, 5) is 25.7. The molecule has 1 aliphatic heterocycles. The van der Waals surface area contributed by atoms with Crippen molar-refractivity contribution in [1.82, 2.24) is 4.90 Å². The van der Waals surface area contributed by atoms with Crippen LogP contribution in [0, 0.1) is 5.92 Å². The highest BCUT2D eigenvalue weighted by molar-refractivity contribution is 5.96. The minimum absolute atomic E-state index is 0.00789. The number of nitrogens with two attached hydrogens (primary N) is 1. The number of piperidine rings is 1. The summed E-state index contributed by atoms with van der Waals surface area (Å²) in [6.07, 6.45) is 0.955. The van der Waals surface area contributed by atoms with E-state index in [0.29, 0.717) is 23.1 Å². The quantitative estimate of drug-likeness (QED) is 0.900. The van der Waals surface area contributed by atoms with Crippen molar-refractivity contribution in [2.45, 2.75) is 19.3 Å². The number of nitrogens with one attached hydrogen (secondary N) is 1. The van der Waals surface area contributed by atoms with Gasteiger partial charge in [-0.3, -0.25) is 4.79 Å². The Morgan fingerprint density at radius 3 is 2.56 bits per heavy atom. The molecule has 1 fully saturated rings. The number of likely N-dealkylation sites (tertiary alicyclic amines) is 1. The second kappa shape index (κ2) is 7.38. The Labute approximate surface area is 147 Å². The molecule has 2 unspecified atom stereocenters. The third-order valence-corrected chi connectivity index (χ3v) is 4.80. The first-order valence-electron chi connectivity index (χ1n) is 8.55. The van der Waals surface area contributed by atoms with Crippen LogP contribution >= 0.6 is 0 Å². The average Bonchev–Trinajstić information content (AvgIpc) is 2.61. The van der Waals surface area contributed by atoms with Crippen LogP contribution in [0.2, 0.25) is 0 Å². The fourth-order valence-electron chi connectivity index (χ4n) is 3.58. The van der Waals surface area contributed by atoms with Gasteiger partial charge in [-0.25, -0.2) is 4.79 Å². The molecule has 2 atom stereocenters. The summed E-state index contributed by atoms with van der Waals surface area (Å²) in [6, 6.07) is 16.7. The molecule has 0 bridgehead atoms. The first kappa shape index (κ1) is 17.0. The van der Waals surface area contributed by atoms with Gasteiger partial charge >= 0.3 is 6.03 Å². The topological polar surface area (TPSA) is 75.4 Å². The normalized spacial score (nSPS) is 20.1. The third kappa shape index (κ3) is 3.99. The van der Waals surface area contributed by atoms with Crippen LogP contribution in [0.15, 0.2) is 54.6 Å². The van der Waals surface area contributed by atoms with Crippen LogP contribution in [0.4, 0.5) is 10.5 Å². The van der Waals surface area contributed by atoms with Gasteiger partial charge in [0, 0.05) is 24.3 Å². The molecule has 0 spiro atoms. The van der Waals surface area contributed by atoms with Gasteiger partial charge in [-0.15, -0.1) is 0 Å². The Balaban J connectivity index is 1.69. The fraction of sp³-hybridized carbons (Fsp3) is 0.300. The molecule has 2 aromatic carbocycles. The number of benzene rings is 2. The molecule has 1 saturated heterocycles. The number of rotatable bonds is 3. The van der Waals surface area contributed by atoms with Crippen LogP contribution in [-0.2, 0) is 0 Å². The van der Waals surface area contributed by atoms with Gasteiger partial charge in [0.15, 0.2) is 0 Å². The van der Waals surface area contributed by atoms with Crippen LogP contribution in [0.25, 0.3) is 0 Å². The summed E-state index contributed by atoms with van der Waals surface area (Å²) < 4.78 is 0. The van der Waals surface area contributed by atoms with E-state index in [9.17, 15) is 9.59 Å². The predicted molar refractivity (Wildman–Crippen MR) is 98.5 cm³/mol. The van der Waals surface area contributed by atoms with Gasteiger partial charge in [-0.05, 0) is 42.0 Å². The number of primary amides is 1. The molecule has 1 aliphatic rings. The van der Waals surface area contributed by atoms with E-state index in [2.05, 4.69) is 36.5 Å². The first-order valence-corrected chi connectivity index (χ1v) is 8.55. The Morgan fingerprint density at radius 2 is 1.88 bits per heavy atom. The lowest BCUT2D eigenvalue weighted by atomic mass is 9.81. The molecular formula is C20H23N3O2. The molecule has 3 amide bonds. The van der Waals surface area contributed by atoms with Crippen molar-refractivity contribution in [3.05, 3.63) is 65.7 Å². The van der Waals surface area contributed by atoms with Crippen molar-refractivity contribution >= 4 is 17.6 Å². The van der Waals surface area contributed by atoms with Gasteiger partial charge in [-0.1, -0.05) is 43.3 Å². The molecule has 0 radical (unpaired) electrons. The second-order valence-corrected chi connectivity index (χ2v) is 6.60. The maximum absolute atomic E-state index is 12.8. The van der Waals surface area contributed by atoms with E-state index in [1.807, 2.05) is 11.0 Å². The minimum Gasteiger partial charge on any atom is -0.351 e. The average molecular weight is 337 g/mol. The summed E-state index contributed by atoms with van der Waals surface area (Å²) in [5.41, 5.74) is 7.58. The van der Waals surface area contributed by atoms with E-state index in [1.165, 1.54) is 5.56 Å². The van der Waals surface area contributed by atoms with Gasteiger partial charge in [0.25, 0.3) is 5.91 Å². The molecule has 5 heteroatoms. The zero-order chi connectivity index (χ0) is 17.8. The monoisotopic (exact) mass is 337 g/mol. The Hall–Kier alpha value is -2.82. The van der Waals surface area contributed by atoms with E-state index in [-0.39, 0.29) is 5.91 Å². The second-order valence-electron chi connectivity index (χ2n) is 6.60. The molecule has 130 valence electrons. The van der Waals surface area contributed by atoms with E-state index in [0.717, 1.165) is 19.5 Å². The molecular weight excluding hydrogens is 314 g/mol. The molecule has 5 nitrogen and oxygen atoms in total. The summed E-state index contributed by atoms with van der Waals surface area (Å²) in [6.45, 7) is 3.66. The zero-order valence-corrected chi connectivity index (χ0v) is 14.3. The maximum atomic E-state index is 12.8. The lowest BCUT2D eigenvalue weighted by Crippen LogP contribution is -2.42. The highest BCUT2D eigenvalue weighted by Gasteiger charge is 2.30. The number of hydrogen-bond donors (Lipinski definition) is 2. The molecule has 1 heterocycles. The smallest absolute Gasteiger partial charge is 0.316 e. The Morgan fingerprint density at radius 1 is 1.12 bits per heavy atom. The lowest BCUT2D eigenvalue weighted by molar-refractivity contribution is 0.0661. The van der Waals surface area contributed by atoms with E-state index >= 15 is 0 Å². The number of anilines is 1. The Bertz CT molecular complexity index is 761. The van der Waals surface area contributed by atoms with Crippen LogP contribution in [0.1, 0.15) is 35.2 Å². The molecule has 0 saturated carbocycles. The van der Waals surface area contributed by atoms with Gasteiger partial charge in [0.2, 0.25) is 0 Å². The fourth-order valence-corrected chi connectivity index (χ4v) is 3.58. The number of urea groups is 1. The lowest BCUT2D eigenvalue weighted by Gasteiger charge is -2.37. The highest BCUT2D eigenvalue weighted by Crippen LogP contribution is 2.33. The number of hydrogen-bond acceptors (Lipinski definition) is 2. The number of nitrogens with zero attached hydrogens (tertiary/aromatic N) is 1. The molecule has 25 heavy (non-hydrogen) atoms. The number of carbonyl (C=O) groups excluding carboxylic acids is 2. The van der Waals surface area contributed by atoms with Gasteiger partial charge < -0.3 is 16.0 Å². The predicted octanol–water partition coefficient (Wildman–Crippen LogP) is 3.44. The van der Waals surface area contributed by atoms with Crippen molar-refractivity contribution < 1.29 is 9.59 Å². The summed E-state index contributed by atoms with van der Waals surface area (Å²) >= 11 is 0. The van der Waals surface area contributed by atoms with Crippen LogP contribution < -0.4 is 11.1 Å². The van der Waals surface area contributed by atoms with Crippen molar-refractivity contribution in [3.63, 3.8) is 0 Å². The molecule has 0 aromatic heterocycles. The molecule has 3 N–H and O–H groups in total. The van der Waals surface area contributed by atoms with Crippen molar-refractivity contribution in [1.29, 1.82) is 0 Å². The standard InChI is InChI=1S/C20H23N3O2/c1-14-13-23(11-10-18(14)15-6-3-2-4-7-15)19(24)16-8-5-9-17(12-16)22-20(21)25/h2-9,12,14,18H,10-11,13H2,1H3,(H3,21,22,25). The van der Waals surface area contributed by atoms with Crippen LogP contribution in [-0.4, -0.2) is 29.9 Å². The maximum Gasteiger partial charge on any atom is 0.316 e. The summed E-state index contributed by atoms with van der Waals surface area (Å²) in [5.74, 6) is 0.867. The summed E-state index contributed by atoms with van der Waals surface area (Å²) in [7, 11) is 0. The van der Waals surface area contributed by atoms with Crippen molar-refractivity contribution in [3.8, 4) is 0 Å². The first-order chi connectivity index (χ1) is 12.0. The van der Waals surface area contributed by atoms with E-state index in [1.54, 1.807) is 24.3 Å². The summed E-state index contributed by atoms with van der Waals surface area (Å²) in [5, 5.41) is 2.51. The van der Waals surface area contributed by atoms with Gasteiger partial charge in [0.05, 0.1) is 0 Å². The minimum atomic E-state index is -0.637. The van der Waals surface area contributed by atoms with Crippen LogP contribution in [0.3, 0.4) is 0 Å². The van der Waals surface area contributed by atoms with Crippen molar-refractivity contribution in [2.24, 2.45) is 11.7 Å². The molecule has 3 rings (SSSR count). The molecule has 0 aliphatic carbocycles. The van der Waals surface area contributed by atoms with Gasteiger partial charge in [-0.2, -0.15) is 0 Å². The van der Waals surface area contributed by atoms with Crippen molar-refractivity contribution in [2.75, 3.05) is 18.4 Å². The largest absolute Gasteiger partial charge is 0.351 e. The van der Waals surface area contributed by atoms with E-state index in [4.69, 9.17) is 5.73 Å². The Kier molecular flexibility index (Phi) is 5.03.